The Hall–Kier alpha value is -3.35. The van der Waals surface area contributed by atoms with E-state index in [4.69, 9.17) is 14.2 Å². The van der Waals surface area contributed by atoms with Crippen LogP contribution in [0.5, 0.6) is 0 Å². The van der Waals surface area contributed by atoms with Crippen molar-refractivity contribution in [3.63, 3.8) is 0 Å². The van der Waals surface area contributed by atoms with Gasteiger partial charge in [0.1, 0.15) is 17.2 Å². The zero-order chi connectivity index (χ0) is 20.1. The van der Waals surface area contributed by atoms with Crippen LogP contribution in [-0.2, 0) is 4.74 Å². The van der Waals surface area contributed by atoms with Crippen molar-refractivity contribution in [2.45, 2.75) is 33.2 Å². The molecule has 4 rings (SSSR count). The molecule has 0 amide bonds. The monoisotopic (exact) mass is 378 g/mol. The summed E-state index contributed by atoms with van der Waals surface area (Å²) in [6.07, 6.45) is 1.74. The van der Waals surface area contributed by atoms with E-state index in [0.717, 1.165) is 39.4 Å². The molecular formula is C21H22N4O3. The minimum Gasteiger partial charge on any atom is -0.465 e. The Morgan fingerprint density at radius 3 is 2.71 bits per heavy atom. The van der Waals surface area contributed by atoms with Crippen molar-refractivity contribution in [3.05, 3.63) is 47.8 Å². The fourth-order valence-electron chi connectivity index (χ4n) is 3.17. The number of anilines is 1. The SMILES string of the molecule is COC(=O)c1ccc2nc(-c3ccc4onc(C)c4c3)c(NC(C)(C)C)n2c1. The van der Waals surface area contributed by atoms with Crippen molar-refractivity contribution in [3.8, 4) is 11.3 Å². The van der Waals surface area contributed by atoms with E-state index in [0.29, 0.717) is 5.56 Å². The van der Waals surface area contributed by atoms with Crippen LogP contribution in [-0.4, -0.2) is 33.2 Å². The van der Waals surface area contributed by atoms with Crippen LogP contribution in [0.3, 0.4) is 0 Å². The minimum absolute atomic E-state index is 0.205. The van der Waals surface area contributed by atoms with Crippen LogP contribution in [0.2, 0.25) is 0 Å². The number of benzene rings is 1. The zero-order valence-electron chi connectivity index (χ0n) is 16.5. The summed E-state index contributed by atoms with van der Waals surface area (Å²) in [4.78, 5) is 16.8. The largest absolute Gasteiger partial charge is 0.465 e. The van der Waals surface area contributed by atoms with Crippen molar-refractivity contribution in [2.24, 2.45) is 0 Å². The Bertz CT molecular complexity index is 1200. The standard InChI is InChI=1S/C21H22N4O3/c1-12-15-10-13(6-8-16(15)28-24-12)18-19(23-21(2,3)4)25-11-14(20(26)27-5)7-9-17(25)22-18/h6-11,23H,1-5H3. The average Bonchev–Trinajstić information content (AvgIpc) is 3.20. The van der Waals surface area contributed by atoms with Crippen molar-refractivity contribution in [1.29, 1.82) is 0 Å². The summed E-state index contributed by atoms with van der Waals surface area (Å²) in [5.41, 5.74) is 4.29. The summed E-state index contributed by atoms with van der Waals surface area (Å²) >= 11 is 0. The number of esters is 1. The lowest BCUT2D eigenvalue weighted by molar-refractivity contribution is 0.0600. The molecule has 0 fully saturated rings. The van der Waals surface area contributed by atoms with Gasteiger partial charge in [0.05, 0.1) is 18.4 Å². The molecule has 0 aliphatic rings. The smallest absolute Gasteiger partial charge is 0.339 e. The fraction of sp³-hybridized carbons (Fsp3) is 0.286. The van der Waals surface area contributed by atoms with Gasteiger partial charge in [0.15, 0.2) is 5.58 Å². The summed E-state index contributed by atoms with van der Waals surface area (Å²) in [5, 5.41) is 8.50. The first kappa shape index (κ1) is 18.0. The van der Waals surface area contributed by atoms with E-state index in [1.807, 2.05) is 35.6 Å². The molecule has 3 heterocycles. The van der Waals surface area contributed by atoms with E-state index < -0.39 is 0 Å². The molecule has 0 atom stereocenters. The molecular weight excluding hydrogens is 356 g/mol. The number of nitrogens with one attached hydrogen (secondary N) is 1. The average molecular weight is 378 g/mol. The van der Waals surface area contributed by atoms with Gasteiger partial charge in [-0.3, -0.25) is 4.40 Å². The van der Waals surface area contributed by atoms with Gasteiger partial charge in [0, 0.05) is 22.7 Å². The van der Waals surface area contributed by atoms with Crippen LogP contribution in [0.25, 0.3) is 27.9 Å². The van der Waals surface area contributed by atoms with Gasteiger partial charge in [-0.25, -0.2) is 9.78 Å². The first-order valence-corrected chi connectivity index (χ1v) is 9.02. The van der Waals surface area contributed by atoms with Crippen LogP contribution in [0.1, 0.15) is 36.8 Å². The van der Waals surface area contributed by atoms with Gasteiger partial charge >= 0.3 is 5.97 Å². The summed E-state index contributed by atoms with van der Waals surface area (Å²) < 4.78 is 12.1. The van der Waals surface area contributed by atoms with Gasteiger partial charge in [-0.15, -0.1) is 0 Å². The Morgan fingerprint density at radius 2 is 2.00 bits per heavy atom. The van der Waals surface area contributed by atoms with Gasteiger partial charge in [0.25, 0.3) is 0 Å². The van der Waals surface area contributed by atoms with Crippen LogP contribution >= 0.6 is 0 Å². The third-order valence-electron chi connectivity index (χ3n) is 4.46. The number of pyridine rings is 1. The lowest BCUT2D eigenvalue weighted by atomic mass is 10.1. The van der Waals surface area contributed by atoms with E-state index in [-0.39, 0.29) is 11.5 Å². The predicted molar refractivity (Wildman–Crippen MR) is 108 cm³/mol. The zero-order valence-corrected chi connectivity index (χ0v) is 16.5. The molecule has 0 saturated carbocycles. The van der Waals surface area contributed by atoms with Crippen LogP contribution in [0, 0.1) is 6.92 Å². The maximum atomic E-state index is 12.0. The molecule has 1 aromatic carbocycles. The normalized spacial score (nSPS) is 11.9. The number of carbonyl (C=O) groups is 1. The summed E-state index contributed by atoms with van der Waals surface area (Å²) in [6, 6.07) is 9.41. The van der Waals surface area contributed by atoms with E-state index >= 15 is 0 Å². The first-order valence-electron chi connectivity index (χ1n) is 9.02. The molecule has 3 aromatic heterocycles. The van der Waals surface area contributed by atoms with E-state index in [2.05, 4.69) is 31.2 Å². The fourth-order valence-corrected chi connectivity index (χ4v) is 3.17. The number of fused-ring (bicyclic) bond motifs is 2. The number of hydrogen-bond donors (Lipinski definition) is 1. The van der Waals surface area contributed by atoms with Gasteiger partial charge < -0.3 is 14.6 Å². The highest BCUT2D eigenvalue weighted by molar-refractivity contribution is 5.91. The number of rotatable bonds is 3. The Morgan fingerprint density at radius 1 is 1.21 bits per heavy atom. The molecule has 4 aromatic rings. The molecule has 0 aliphatic carbocycles. The number of ether oxygens (including phenoxy) is 1. The van der Waals surface area contributed by atoms with E-state index in [1.165, 1.54) is 7.11 Å². The lowest BCUT2D eigenvalue weighted by Crippen LogP contribution is -2.27. The quantitative estimate of drug-likeness (QED) is 0.531. The second-order valence-electron chi connectivity index (χ2n) is 7.80. The molecule has 0 spiro atoms. The third kappa shape index (κ3) is 3.09. The van der Waals surface area contributed by atoms with Crippen LogP contribution in [0.4, 0.5) is 5.82 Å². The lowest BCUT2D eigenvalue weighted by Gasteiger charge is -2.22. The Labute approximate surface area is 162 Å². The maximum absolute atomic E-state index is 12.0. The Balaban J connectivity index is 1.96. The molecule has 1 N–H and O–H groups in total. The van der Waals surface area contributed by atoms with Crippen molar-refractivity contribution in [1.82, 2.24) is 14.5 Å². The van der Waals surface area contributed by atoms with Crippen LogP contribution in [0.15, 0.2) is 41.1 Å². The molecule has 7 nitrogen and oxygen atoms in total. The van der Waals surface area contributed by atoms with Gasteiger partial charge in [-0.1, -0.05) is 5.16 Å². The number of carbonyl (C=O) groups excluding carboxylic acids is 1. The molecule has 0 radical (unpaired) electrons. The molecule has 0 bridgehead atoms. The van der Waals surface area contributed by atoms with Crippen LogP contribution < -0.4 is 5.32 Å². The van der Waals surface area contributed by atoms with Gasteiger partial charge in [-0.2, -0.15) is 0 Å². The number of imidazole rings is 1. The molecule has 7 heteroatoms. The first-order chi connectivity index (χ1) is 13.3. The predicted octanol–water partition coefficient (Wildman–Crippen LogP) is 4.45. The number of aryl methyl sites for hydroxylation is 1. The number of nitrogens with zero attached hydrogens (tertiary/aromatic N) is 3. The van der Waals surface area contributed by atoms with Crippen molar-refractivity contribution >= 4 is 28.4 Å². The molecule has 0 aliphatic heterocycles. The highest BCUT2D eigenvalue weighted by atomic mass is 16.5. The second-order valence-corrected chi connectivity index (χ2v) is 7.80. The van der Waals surface area contributed by atoms with E-state index in [1.54, 1.807) is 12.3 Å². The van der Waals surface area contributed by atoms with E-state index in [9.17, 15) is 4.79 Å². The molecule has 0 saturated heterocycles. The number of hydrogen-bond acceptors (Lipinski definition) is 6. The molecule has 0 unspecified atom stereocenters. The van der Waals surface area contributed by atoms with Crippen molar-refractivity contribution < 1.29 is 14.1 Å². The topological polar surface area (TPSA) is 81.7 Å². The van der Waals surface area contributed by atoms with Gasteiger partial charge in [-0.05, 0) is 58.0 Å². The number of aromatic nitrogens is 3. The highest BCUT2D eigenvalue weighted by Gasteiger charge is 2.21. The maximum Gasteiger partial charge on any atom is 0.339 e. The molecule has 144 valence electrons. The summed E-state index contributed by atoms with van der Waals surface area (Å²) in [7, 11) is 1.37. The molecule has 28 heavy (non-hydrogen) atoms. The summed E-state index contributed by atoms with van der Waals surface area (Å²) in [6.45, 7) is 8.14. The van der Waals surface area contributed by atoms with Gasteiger partial charge in [0.2, 0.25) is 0 Å². The van der Waals surface area contributed by atoms with Crippen molar-refractivity contribution in [2.75, 3.05) is 12.4 Å². The highest BCUT2D eigenvalue weighted by Crippen LogP contribution is 2.33. The minimum atomic E-state index is -0.389. The second kappa shape index (κ2) is 6.37. The number of methoxy groups -OCH3 is 1. The Kier molecular flexibility index (Phi) is 4.10. The third-order valence-corrected chi connectivity index (χ3v) is 4.46. The summed E-state index contributed by atoms with van der Waals surface area (Å²) in [5.74, 6) is 0.419.